The maximum absolute atomic E-state index is 11.2. The first-order valence-corrected chi connectivity index (χ1v) is 12.0. The van der Waals surface area contributed by atoms with E-state index in [9.17, 15) is 9.90 Å². The average molecular weight is 415 g/mol. The van der Waals surface area contributed by atoms with Crippen LogP contribution in [0.5, 0.6) is 0 Å². The molecular formula is C24H34O4Si. The van der Waals surface area contributed by atoms with Crippen LogP contribution < -0.4 is 10.4 Å². The van der Waals surface area contributed by atoms with Crippen molar-refractivity contribution in [2.45, 2.75) is 64.7 Å². The molecule has 0 aliphatic heterocycles. The average Bonchev–Trinajstić information content (AvgIpc) is 2.64. The fourth-order valence-electron chi connectivity index (χ4n) is 3.77. The van der Waals surface area contributed by atoms with Gasteiger partial charge in [-0.15, -0.1) is 0 Å². The lowest BCUT2D eigenvalue weighted by atomic mass is 10.00. The summed E-state index contributed by atoms with van der Waals surface area (Å²) in [4.78, 5) is 11.2. The van der Waals surface area contributed by atoms with Crippen LogP contribution in [-0.4, -0.2) is 37.7 Å². The quantitative estimate of drug-likeness (QED) is 0.529. The minimum Gasteiger partial charge on any atom is -0.466 e. The molecule has 0 fully saturated rings. The maximum Gasteiger partial charge on any atom is 0.302 e. The van der Waals surface area contributed by atoms with E-state index in [1.807, 2.05) is 36.4 Å². The minimum absolute atomic E-state index is 0.194. The van der Waals surface area contributed by atoms with Crippen molar-refractivity contribution in [1.82, 2.24) is 0 Å². The summed E-state index contributed by atoms with van der Waals surface area (Å²) in [5.41, 5.74) is -1.09. The number of carbonyl (C=O) groups is 1. The second kappa shape index (κ2) is 9.24. The van der Waals surface area contributed by atoms with Gasteiger partial charge in [0.2, 0.25) is 0 Å². The molecule has 158 valence electrons. The van der Waals surface area contributed by atoms with Crippen molar-refractivity contribution in [1.29, 1.82) is 0 Å². The minimum atomic E-state index is -2.80. The zero-order valence-electron chi connectivity index (χ0n) is 18.4. The highest BCUT2D eigenvalue weighted by Gasteiger charge is 2.52. The number of ether oxygens (including phenoxy) is 1. The Balaban J connectivity index is 2.60. The van der Waals surface area contributed by atoms with E-state index in [0.29, 0.717) is 6.42 Å². The van der Waals surface area contributed by atoms with Crippen molar-refractivity contribution in [3.8, 4) is 0 Å². The van der Waals surface area contributed by atoms with Gasteiger partial charge in [0.25, 0.3) is 8.32 Å². The molecule has 0 saturated carbocycles. The summed E-state index contributed by atoms with van der Waals surface area (Å²) in [6.07, 6.45) is -0.0683. The molecule has 2 rings (SSSR count). The van der Waals surface area contributed by atoms with Crippen molar-refractivity contribution in [2.24, 2.45) is 0 Å². The molecule has 1 atom stereocenters. The molecule has 2 aromatic carbocycles. The van der Waals surface area contributed by atoms with Gasteiger partial charge < -0.3 is 14.3 Å². The SMILES string of the molecule is CC(=O)OCCC(O[Si](c1ccccc1)(c1ccccc1)C(C)(C)C)C(C)(C)O. The third-order valence-corrected chi connectivity index (χ3v) is 10.3. The summed E-state index contributed by atoms with van der Waals surface area (Å²) in [6.45, 7) is 11.7. The molecule has 0 bridgehead atoms. The Bertz CT molecular complexity index is 737. The molecule has 29 heavy (non-hydrogen) atoms. The summed E-state index contributed by atoms with van der Waals surface area (Å²) in [5.74, 6) is -0.329. The van der Waals surface area contributed by atoms with Crippen LogP contribution in [0.25, 0.3) is 0 Å². The number of carbonyl (C=O) groups excluding carboxylic acids is 1. The van der Waals surface area contributed by atoms with Gasteiger partial charge in [-0.25, -0.2) is 0 Å². The lowest BCUT2D eigenvalue weighted by Crippen LogP contribution is -2.69. The van der Waals surface area contributed by atoms with Crippen LogP contribution in [0.4, 0.5) is 0 Å². The van der Waals surface area contributed by atoms with Crippen LogP contribution in [0.15, 0.2) is 60.7 Å². The predicted octanol–water partition coefficient (Wildman–Crippen LogP) is 3.66. The summed E-state index contributed by atoms with van der Waals surface area (Å²) < 4.78 is 12.2. The van der Waals surface area contributed by atoms with E-state index in [-0.39, 0.29) is 17.6 Å². The van der Waals surface area contributed by atoms with Gasteiger partial charge >= 0.3 is 5.97 Å². The van der Waals surface area contributed by atoms with Crippen LogP contribution in [0, 0.1) is 0 Å². The highest BCUT2D eigenvalue weighted by atomic mass is 28.4. The summed E-state index contributed by atoms with van der Waals surface area (Å²) in [7, 11) is -2.80. The van der Waals surface area contributed by atoms with Crippen LogP contribution in [-0.2, 0) is 14.0 Å². The van der Waals surface area contributed by atoms with E-state index in [2.05, 4.69) is 45.0 Å². The highest BCUT2D eigenvalue weighted by Crippen LogP contribution is 2.39. The largest absolute Gasteiger partial charge is 0.466 e. The zero-order valence-corrected chi connectivity index (χ0v) is 19.4. The lowest BCUT2D eigenvalue weighted by Gasteiger charge is -2.47. The van der Waals surface area contributed by atoms with Gasteiger partial charge in [0, 0.05) is 13.3 Å². The Kier molecular flexibility index (Phi) is 7.43. The van der Waals surface area contributed by atoms with Crippen molar-refractivity contribution in [3.05, 3.63) is 60.7 Å². The Morgan fingerprint density at radius 2 is 1.38 bits per heavy atom. The molecule has 5 heteroatoms. The third kappa shape index (κ3) is 5.56. The summed E-state index contributed by atoms with van der Waals surface area (Å²) in [6, 6.07) is 20.6. The molecule has 0 aliphatic rings. The Morgan fingerprint density at radius 3 is 1.72 bits per heavy atom. The van der Waals surface area contributed by atoms with E-state index in [1.165, 1.54) is 6.92 Å². The summed E-state index contributed by atoms with van der Waals surface area (Å²) >= 11 is 0. The van der Waals surface area contributed by atoms with Gasteiger partial charge in [-0.2, -0.15) is 0 Å². The maximum atomic E-state index is 11.2. The molecule has 1 N–H and O–H groups in total. The molecule has 1 unspecified atom stereocenters. The van der Waals surface area contributed by atoms with Crippen LogP contribution >= 0.6 is 0 Å². The number of aliphatic hydroxyl groups is 1. The monoisotopic (exact) mass is 414 g/mol. The fraction of sp³-hybridized carbons (Fsp3) is 0.458. The number of benzene rings is 2. The van der Waals surface area contributed by atoms with Gasteiger partial charge in [0.1, 0.15) is 0 Å². The smallest absolute Gasteiger partial charge is 0.302 e. The number of esters is 1. The van der Waals surface area contributed by atoms with Crippen molar-refractivity contribution in [3.63, 3.8) is 0 Å². The van der Waals surface area contributed by atoms with Gasteiger partial charge in [-0.3, -0.25) is 4.79 Å². The number of hydrogen-bond donors (Lipinski definition) is 1. The van der Waals surface area contributed by atoms with Crippen LogP contribution in [0.1, 0.15) is 48.0 Å². The van der Waals surface area contributed by atoms with Crippen LogP contribution in [0.3, 0.4) is 0 Å². The molecule has 0 radical (unpaired) electrons. The topological polar surface area (TPSA) is 55.8 Å². The Morgan fingerprint density at radius 1 is 0.931 bits per heavy atom. The standard InChI is InChI=1S/C24H34O4Si/c1-19(25)27-18-17-22(24(5,6)26)28-29(23(2,3)4,20-13-9-7-10-14-20)21-15-11-8-12-16-21/h7-16,22,26H,17-18H2,1-6H3. The number of hydrogen-bond acceptors (Lipinski definition) is 4. The summed E-state index contributed by atoms with van der Waals surface area (Å²) in [5, 5.41) is 13.0. The second-order valence-electron chi connectivity index (χ2n) is 9.05. The van der Waals surface area contributed by atoms with E-state index in [0.717, 1.165) is 10.4 Å². The molecule has 0 amide bonds. The Labute approximate surface area is 176 Å². The first kappa shape index (κ1) is 23.3. The second-order valence-corrected chi connectivity index (χ2v) is 13.3. The van der Waals surface area contributed by atoms with E-state index in [4.69, 9.17) is 9.16 Å². The first-order chi connectivity index (χ1) is 13.5. The van der Waals surface area contributed by atoms with Crippen molar-refractivity contribution < 1.29 is 19.1 Å². The van der Waals surface area contributed by atoms with E-state index >= 15 is 0 Å². The Hall–Kier alpha value is -1.95. The molecule has 0 saturated heterocycles. The molecule has 4 nitrogen and oxygen atoms in total. The van der Waals surface area contributed by atoms with E-state index < -0.39 is 20.0 Å². The van der Waals surface area contributed by atoms with Gasteiger partial charge in [-0.1, -0.05) is 81.4 Å². The highest BCUT2D eigenvalue weighted by molar-refractivity contribution is 6.99. The predicted molar refractivity (Wildman–Crippen MR) is 120 cm³/mol. The number of rotatable bonds is 8. The molecule has 0 aliphatic carbocycles. The molecule has 2 aromatic rings. The normalized spacial score (nSPS) is 13.8. The van der Waals surface area contributed by atoms with Crippen molar-refractivity contribution >= 4 is 24.7 Å². The van der Waals surface area contributed by atoms with Gasteiger partial charge in [-0.05, 0) is 29.3 Å². The van der Waals surface area contributed by atoms with E-state index in [1.54, 1.807) is 13.8 Å². The molecule has 0 spiro atoms. The molecule has 0 aromatic heterocycles. The van der Waals surface area contributed by atoms with Crippen LogP contribution in [0.2, 0.25) is 5.04 Å². The fourth-order valence-corrected chi connectivity index (χ4v) is 8.62. The molecular weight excluding hydrogens is 380 g/mol. The van der Waals surface area contributed by atoms with Crippen molar-refractivity contribution in [2.75, 3.05) is 6.61 Å². The zero-order chi connectivity index (χ0) is 21.7. The molecule has 0 heterocycles. The lowest BCUT2D eigenvalue weighted by molar-refractivity contribution is -0.142. The van der Waals surface area contributed by atoms with Gasteiger partial charge in [0.05, 0.1) is 18.3 Å². The first-order valence-electron chi connectivity index (χ1n) is 10.1. The van der Waals surface area contributed by atoms with Gasteiger partial charge in [0.15, 0.2) is 0 Å². The third-order valence-electron chi connectivity index (χ3n) is 5.21.